The molecule has 1 aliphatic rings. The minimum atomic E-state index is -0.122. The number of likely N-dealkylation sites (N-methyl/N-ethyl adjacent to an activating group) is 1. The quantitative estimate of drug-likeness (QED) is 0.618. The van der Waals surface area contributed by atoms with Crippen LogP contribution in [0.2, 0.25) is 0 Å². The van der Waals surface area contributed by atoms with E-state index in [1.807, 2.05) is 24.3 Å². The zero-order valence-corrected chi connectivity index (χ0v) is 16.6. The molecule has 0 bridgehead atoms. The van der Waals surface area contributed by atoms with Crippen LogP contribution in [-0.4, -0.2) is 44.1 Å². The van der Waals surface area contributed by atoms with Crippen LogP contribution in [0.1, 0.15) is 33.4 Å². The number of aromatic nitrogens is 4. The lowest BCUT2D eigenvalue weighted by Gasteiger charge is -2.23. The molecule has 7 nitrogen and oxygen atoms in total. The maximum Gasteiger partial charge on any atom is 0.257 e. The van der Waals surface area contributed by atoms with Gasteiger partial charge in [0.2, 0.25) is 0 Å². The first-order chi connectivity index (χ1) is 13.2. The van der Waals surface area contributed by atoms with E-state index in [0.717, 1.165) is 48.2 Å². The summed E-state index contributed by atoms with van der Waals surface area (Å²) in [7, 11) is 0. The van der Waals surface area contributed by atoms with Gasteiger partial charge in [0, 0.05) is 35.7 Å². The molecular formula is C18H20N6OS2. The minimum absolute atomic E-state index is 0.122. The summed E-state index contributed by atoms with van der Waals surface area (Å²) in [6, 6.07) is 7.62. The summed E-state index contributed by atoms with van der Waals surface area (Å²) >= 11 is 3.16. The fourth-order valence-electron chi connectivity index (χ4n) is 2.91. The maximum absolute atomic E-state index is 12.5. The molecule has 0 unspecified atom stereocenters. The first-order valence-corrected chi connectivity index (χ1v) is 10.6. The highest BCUT2D eigenvalue weighted by atomic mass is 32.2. The third-order valence-electron chi connectivity index (χ3n) is 4.46. The lowest BCUT2D eigenvalue weighted by Crippen LogP contribution is -2.29. The Kier molecular flexibility index (Phi) is 5.51. The average molecular weight is 401 g/mol. The van der Waals surface area contributed by atoms with Crippen molar-refractivity contribution in [1.29, 1.82) is 0 Å². The van der Waals surface area contributed by atoms with Gasteiger partial charge in [-0.1, -0.05) is 30.8 Å². The van der Waals surface area contributed by atoms with Gasteiger partial charge in [-0.15, -0.1) is 11.3 Å². The van der Waals surface area contributed by atoms with Crippen LogP contribution in [0.3, 0.4) is 0 Å². The van der Waals surface area contributed by atoms with E-state index in [1.54, 1.807) is 23.1 Å². The summed E-state index contributed by atoms with van der Waals surface area (Å²) in [5.74, 6) is 0.646. The number of H-pyrrole nitrogens is 1. The Morgan fingerprint density at radius 3 is 2.96 bits per heavy atom. The Hall–Kier alpha value is -2.23. The number of benzene rings is 1. The fourth-order valence-corrected chi connectivity index (χ4v) is 4.69. The molecule has 1 amide bonds. The van der Waals surface area contributed by atoms with Crippen molar-refractivity contribution in [3.8, 4) is 0 Å². The average Bonchev–Trinajstić information content (AvgIpc) is 3.35. The highest BCUT2D eigenvalue weighted by Crippen LogP contribution is 2.28. The smallest absolute Gasteiger partial charge is 0.257 e. The molecule has 0 atom stereocenters. The molecule has 0 aliphatic carbocycles. The predicted octanol–water partition coefficient (Wildman–Crippen LogP) is 3.18. The van der Waals surface area contributed by atoms with Crippen molar-refractivity contribution in [1.82, 2.24) is 25.1 Å². The van der Waals surface area contributed by atoms with Gasteiger partial charge in [-0.25, -0.2) is 9.97 Å². The van der Waals surface area contributed by atoms with E-state index in [4.69, 9.17) is 0 Å². The zero-order chi connectivity index (χ0) is 18.6. The van der Waals surface area contributed by atoms with Crippen molar-refractivity contribution < 1.29 is 4.79 Å². The Balaban J connectivity index is 1.36. The normalized spacial score (nSPS) is 14.1. The summed E-state index contributed by atoms with van der Waals surface area (Å²) < 4.78 is 0. The van der Waals surface area contributed by atoms with Crippen molar-refractivity contribution in [3.05, 3.63) is 52.3 Å². The molecule has 27 heavy (non-hydrogen) atoms. The summed E-state index contributed by atoms with van der Waals surface area (Å²) in [6.45, 7) is 5.17. The minimum Gasteiger partial charge on any atom is -0.298 e. The molecule has 0 fully saturated rings. The number of thiazole rings is 1. The molecular weight excluding hydrogens is 380 g/mol. The molecule has 3 heterocycles. The maximum atomic E-state index is 12.5. The molecule has 2 N–H and O–H groups in total. The van der Waals surface area contributed by atoms with Gasteiger partial charge in [-0.3, -0.25) is 20.1 Å². The number of carbonyl (C=O) groups is 1. The number of rotatable bonds is 6. The van der Waals surface area contributed by atoms with Gasteiger partial charge in [0.05, 0.1) is 5.69 Å². The summed E-state index contributed by atoms with van der Waals surface area (Å²) in [6.07, 6.45) is 2.44. The van der Waals surface area contributed by atoms with Crippen LogP contribution in [0.15, 0.2) is 35.7 Å². The standard InChI is InChI=1S/C18H20N6OS2/c1-2-24-8-7-14-15(9-24)27-18(21-14)22-16(25)13-5-3-12(4-6-13)10-26-17-19-11-20-23-17/h3-6,11H,2,7-10H2,1H3,(H,19,20,23)(H,21,22,25). The molecule has 1 aliphatic heterocycles. The molecule has 1 aromatic carbocycles. The van der Waals surface area contributed by atoms with Gasteiger partial charge < -0.3 is 0 Å². The van der Waals surface area contributed by atoms with Gasteiger partial charge in [-0.2, -0.15) is 5.10 Å². The van der Waals surface area contributed by atoms with Crippen LogP contribution in [0.5, 0.6) is 0 Å². The highest BCUT2D eigenvalue weighted by Gasteiger charge is 2.20. The van der Waals surface area contributed by atoms with E-state index in [9.17, 15) is 4.79 Å². The fraction of sp³-hybridized carbons (Fsp3) is 0.333. The van der Waals surface area contributed by atoms with Crippen molar-refractivity contribution in [2.75, 3.05) is 18.4 Å². The van der Waals surface area contributed by atoms with E-state index in [0.29, 0.717) is 10.7 Å². The zero-order valence-electron chi connectivity index (χ0n) is 14.9. The number of nitrogens with one attached hydrogen (secondary N) is 2. The van der Waals surface area contributed by atoms with Crippen molar-refractivity contribution in [2.24, 2.45) is 0 Å². The van der Waals surface area contributed by atoms with E-state index < -0.39 is 0 Å². The highest BCUT2D eigenvalue weighted by molar-refractivity contribution is 7.98. The Morgan fingerprint density at radius 2 is 2.22 bits per heavy atom. The number of carbonyl (C=O) groups excluding carboxylic acids is 1. The van der Waals surface area contributed by atoms with Crippen LogP contribution in [0.25, 0.3) is 0 Å². The van der Waals surface area contributed by atoms with E-state index in [2.05, 4.69) is 37.3 Å². The van der Waals surface area contributed by atoms with E-state index in [1.165, 1.54) is 11.2 Å². The molecule has 0 radical (unpaired) electrons. The third kappa shape index (κ3) is 4.37. The summed E-state index contributed by atoms with van der Waals surface area (Å²) in [5.41, 5.74) is 2.88. The number of fused-ring (bicyclic) bond motifs is 1. The Bertz CT molecular complexity index is 907. The Labute approximate surface area is 165 Å². The van der Waals surface area contributed by atoms with Gasteiger partial charge in [0.15, 0.2) is 10.3 Å². The van der Waals surface area contributed by atoms with Crippen LogP contribution >= 0.6 is 23.1 Å². The number of anilines is 1. The predicted molar refractivity (Wildman–Crippen MR) is 107 cm³/mol. The first kappa shape index (κ1) is 18.1. The second-order valence-electron chi connectivity index (χ2n) is 6.24. The number of amides is 1. The topological polar surface area (TPSA) is 86.8 Å². The number of nitrogens with zero attached hydrogens (tertiary/aromatic N) is 4. The number of hydrogen-bond donors (Lipinski definition) is 2. The monoisotopic (exact) mass is 400 g/mol. The lowest BCUT2D eigenvalue weighted by atomic mass is 10.1. The second kappa shape index (κ2) is 8.20. The van der Waals surface area contributed by atoms with Gasteiger partial charge in [0.1, 0.15) is 6.33 Å². The first-order valence-electron chi connectivity index (χ1n) is 8.80. The van der Waals surface area contributed by atoms with E-state index >= 15 is 0 Å². The van der Waals surface area contributed by atoms with Gasteiger partial charge in [0.25, 0.3) is 5.91 Å². The largest absolute Gasteiger partial charge is 0.298 e. The van der Waals surface area contributed by atoms with Gasteiger partial charge >= 0.3 is 0 Å². The molecule has 4 rings (SSSR count). The van der Waals surface area contributed by atoms with Crippen LogP contribution in [-0.2, 0) is 18.7 Å². The molecule has 2 aromatic heterocycles. The van der Waals surface area contributed by atoms with E-state index in [-0.39, 0.29) is 5.91 Å². The molecule has 0 saturated heterocycles. The molecule has 0 spiro atoms. The van der Waals surface area contributed by atoms with Crippen molar-refractivity contribution >= 4 is 34.1 Å². The summed E-state index contributed by atoms with van der Waals surface area (Å²) in [5, 5.41) is 11.1. The van der Waals surface area contributed by atoms with Crippen LogP contribution in [0.4, 0.5) is 5.13 Å². The van der Waals surface area contributed by atoms with Crippen LogP contribution in [0, 0.1) is 0 Å². The van der Waals surface area contributed by atoms with Crippen molar-refractivity contribution in [3.63, 3.8) is 0 Å². The Morgan fingerprint density at radius 1 is 1.37 bits per heavy atom. The third-order valence-corrected chi connectivity index (χ3v) is 6.41. The molecule has 9 heteroatoms. The second-order valence-corrected chi connectivity index (χ2v) is 8.29. The van der Waals surface area contributed by atoms with Crippen molar-refractivity contribution in [2.45, 2.75) is 30.8 Å². The molecule has 140 valence electrons. The molecule has 0 saturated carbocycles. The number of hydrogen-bond acceptors (Lipinski definition) is 7. The van der Waals surface area contributed by atoms with Crippen LogP contribution < -0.4 is 5.32 Å². The SMILES string of the molecule is CCN1CCc2nc(NC(=O)c3ccc(CSc4ncn[nH]4)cc3)sc2C1. The number of aromatic amines is 1. The molecule has 3 aromatic rings. The summed E-state index contributed by atoms with van der Waals surface area (Å²) in [4.78, 5) is 24.9. The van der Waals surface area contributed by atoms with Gasteiger partial charge in [-0.05, 0) is 24.2 Å². The number of thioether (sulfide) groups is 1. The lowest BCUT2D eigenvalue weighted by molar-refractivity contribution is 0.102.